The summed E-state index contributed by atoms with van der Waals surface area (Å²) in [7, 11) is 0. The highest BCUT2D eigenvalue weighted by Gasteiger charge is 1.97. The van der Waals surface area contributed by atoms with E-state index >= 15 is 0 Å². The molecule has 4 heteroatoms. The van der Waals surface area contributed by atoms with E-state index in [0.717, 1.165) is 0 Å². The second-order valence-corrected chi connectivity index (χ2v) is 1.32. The molecule has 52 valence electrons. The summed E-state index contributed by atoms with van der Waals surface area (Å²) in [5, 5.41) is 0. The minimum atomic E-state index is -2.18. The van der Waals surface area contributed by atoms with Crippen LogP contribution >= 0.6 is 12.4 Å². The van der Waals surface area contributed by atoms with Gasteiger partial charge in [0.05, 0.1) is 0 Å². The van der Waals surface area contributed by atoms with Gasteiger partial charge in [0.15, 0.2) is 0 Å². The average Bonchev–Trinajstić information content (AvgIpc) is 1.61. The highest BCUT2D eigenvalue weighted by atomic mass is 35.5. The fourth-order valence-electron chi connectivity index (χ4n) is 0.272. The van der Waals surface area contributed by atoms with Crippen LogP contribution in [0.2, 0.25) is 0 Å². The van der Waals surface area contributed by atoms with Crippen LogP contribution in [0.5, 0.6) is 0 Å². The Morgan fingerprint density at radius 2 is 1.88 bits per heavy atom. The van der Waals surface area contributed by atoms with Crippen molar-refractivity contribution in [2.75, 3.05) is 6.54 Å². The molecule has 0 bridgehead atoms. The molecule has 0 rings (SSSR count). The average molecular weight is 146 g/mol. The quantitative estimate of drug-likeness (QED) is 0.639. The smallest absolute Gasteiger partial charge is 0.238 e. The first-order chi connectivity index (χ1) is 3.27. The molecule has 0 aromatic carbocycles. The maximum absolute atomic E-state index is 11.2. The number of nitrogens with two attached hydrogens (primary N) is 1. The maximum atomic E-state index is 11.2. The summed E-state index contributed by atoms with van der Waals surface area (Å²) in [6, 6.07) is 0. The van der Waals surface area contributed by atoms with Crippen molar-refractivity contribution >= 4 is 12.4 Å². The molecule has 1 nitrogen and oxygen atoms in total. The van der Waals surface area contributed by atoms with Gasteiger partial charge >= 0.3 is 0 Å². The van der Waals surface area contributed by atoms with Gasteiger partial charge in [-0.05, 0) is 13.0 Å². The van der Waals surface area contributed by atoms with Crippen molar-refractivity contribution < 1.29 is 8.78 Å². The lowest BCUT2D eigenvalue weighted by atomic mass is 10.3. The molecule has 0 aromatic rings. The van der Waals surface area contributed by atoms with Crippen molar-refractivity contribution in [3.05, 3.63) is 0 Å². The molecule has 8 heavy (non-hydrogen) atoms. The molecule has 0 heterocycles. The zero-order valence-electron chi connectivity index (χ0n) is 4.44. The standard InChI is InChI=1S/C4H9F2N.ClH/c5-4(6)2-1-3-7;/h4H,1-3,7H2;1H. The van der Waals surface area contributed by atoms with Gasteiger partial charge in [0.25, 0.3) is 0 Å². The van der Waals surface area contributed by atoms with E-state index in [2.05, 4.69) is 0 Å². The van der Waals surface area contributed by atoms with E-state index in [0.29, 0.717) is 13.0 Å². The topological polar surface area (TPSA) is 26.0 Å². The Bertz CT molecular complexity index is 43.0. The normalized spacial score (nSPS) is 9.00. The summed E-state index contributed by atoms with van der Waals surface area (Å²) < 4.78 is 22.3. The SMILES string of the molecule is Cl.NCCCC(F)F. The van der Waals surface area contributed by atoms with Crippen molar-refractivity contribution in [3.63, 3.8) is 0 Å². The van der Waals surface area contributed by atoms with Gasteiger partial charge in [0.1, 0.15) is 0 Å². The monoisotopic (exact) mass is 145 g/mol. The van der Waals surface area contributed by atoms with Crippen molar-refractivity contribution in [3.8, 4) is 0 Å². The van der Waals surface area contributed by atoms with Crippen molar-refractivity contribution in [2.45, 2.75) is 19.3 Å². The Labute approximate surface area is 53.7 Å². The van der Waals surface area contributed by atoms with E-state index < -0.39 is 6.43 Å². The van der Waals surface area contributed by atoms with E-state index in [9.17, 15) is 8.78 Å². The van der Waals surface area contributed by atoms with Crippen molar-refractivity contribution in [1.29, 1.82) is 0 Å². The van der Waals surface area contributed by atoms with Crippen LogP contribution in [0.4, 0.5) is 8.78 Å². The third-order valence-electron chi connectivity index (χ3n) is 0.626. The highest BCUT2D eigenvalue weighted by Crippen LogP contribution is 1.99. The molecule has 0 atom stereocenters. The summed E-state index contributed by atoms with van der Waals surface area (Å²) in [5.41, 5.74) is 4.94. The zero-order valence-corrected chi connectivity index (χ0v) is 5.26. The molecule has 0 unspecified atom stereocenters. The second-order valence-electron chi connectivity index (χ2n) is 1.32. The predicted molar refractivity (Wildman–Crippen MR) is 31.5 cm³/mol. The molecule has 0 radical (unpaired) electrons. The van der Waals surface area contributed by atoms with Crippen LogP contribution in [-0.2, 0) is 0 Å². The van der Waals surface area contributed by atoms with E-state index in [1.54, 1.807) is 0 Å². The van der Waals surface area contributed by atoms with Gasteiger partial charge < -0.3 is 5.73 Å². The van der Waals surface area contributed by atoms with Crippen LogP contribution in [0.25, 0.3) is 0 Å². The minimum absolute atomic E-state index is 0. The number of alkyl halides is 2. The van der Waals surface area contributed by atoms with Gasteiger partial charge in [0, 0.05) is 6.42 Å². The van der Waals surface area contributed by atoms with Crippen LogP contribution in [0.1, 0.15) is 12.8 Å². The van der Waals surface area contributed by atoms with Crippen molar-refractivity contribution in [2.24, 2.45) is 5.73 Å². The summed E-state index contributed by atoms with van der Waals surface area (Å²) in [4.78, 5) is 0. The Balaban J connectivity index is 0. The number of halogens is 3. The Morgan fingerprint density at radius 3 is 2.00 bits per heavy atom. The first kappa shape index (κ1) is 11.0. The molecular weight excluding hydrogens is 136 g/mol. The summed E-state index contributed by atoms with van der Waals surface area (Å²) in [5.74, 6) is 0. The van der Waals surface area contributed by atoms with Crippen LogP contribution in [0.3, 0.4) is 0 Å². The van der Waals surface area contributed by atoms with E-state index in [1.807, 2.05) is 0 Å². The third-order valence-corrected chi connectivity index (χ3v) is 0.626. The van der Waals surface area contributed by atoms with Gasteiger partial charge in [0.2, 0.25) is 6.43 Å². The van der Waals surface area contributed by atoms with Gasteiger partial charge in [-0.3, -0.25) is 0 Å². The van der Waals surface area contributed by atoms with Crippen molar-refractivity contribution in [1.82, 2.24) is 0 Å². The van der Waals surface area contributed by atoms with Gasteiger partial charge in [-0.1, -0.05) is 0 Å². The predicted octanol–water partition coefficient (Wildman–Crippen LogP) is 1.41. The van der Waals surface area contributed by atoms with Crippen LogP contribution in [0, 0.1) is 0 Å². The first-order valence-electron chi connectivity index (χ1n) is 2.25. The Kier molecular flexibility index (Phi) is 9.76. The molecule has 0 fully saturated rings. The second kappa shape index (κ2) is 7.11. The van der Waals surface area contributed by atoms with E-state index in [1.165, 1.54) is 0 Å². The van der Waals surface area contributed by atoms with Gasteiger partial charge in [-0.2, -0.15) is 0 Å². The van der Waals surface area contributed by atoms with Gasteiger partial charge in [-0.15, -0.1) is 12.4 Å². The lowest BCUT2D eigenvalue weighted by molar-refractivity contribution is 0.135. The fourth-order valence-corrected chi connectivity index (χ4v) is 0.272. The molecule has 0 spiro atoms. The third kappa shape index (κ3) is 9.44. The zero-order chi connectivity index (χ0) is 5.70. The van der Waals surface area contributed by atoms with Crippen LogP contribution < -0.4 is 5.73 Å². The maximum Gasteiger partial charge on any atom is 0.238 e. The summed E-state index contributed by atoms with van der Waals surface area (Å²) >= 11 is 0. The lowest BCUT2D eigenvalue weighted by Crippen LogP contribution is -2.01. The largest absolute Gasteiger partial charge is 0.330 e. The molecule has 0 saturated carbocycles. The molecule has 0 amide bonds. The van der Waals surface area contributed by atoms with E-state index in [-0.39, 0.29) is 18.8 Å². The molecule has 0 aliphatic heterocycles. The summed E-state index contributed by atoms with van der Waals surface area (Å²) in [6.07, 6.45) is -1.81. The Morgan fingerprint density at radius 1 is 1.38 bits per heavy atom. The first-order valence-corrected chi connectivity index (χ1v) is 2.25. The minimum Gasteiger partial charge on any atom is -0.330 e. The molecule has 0 aliphatic rings. The Hall–Kier alpha value is 0.110. The molecule has 0 saturated heterocycles. The van der Waals surface area contributed by atoms with Crippen LogP contribution in [0.15, 0.2) is 0 Å². The van der Waals surface area contributed by atoms with Gasteiger partial charge in [-0.25, -0.2) is 8.78 Å². The molecule has 0 aromatic heterocycles. The highest BCUT2D eigenvalue weighted by molar-refractivity contribution is 5.85. The molecule has 2 N–H and O–H groups in total. The molecular formula is C4H10ClF2N. The number of hydrogen-bond donors (Lipinski definition) is 1. The molecule has 0 aliphatic carbocycles. The number of hydrogen-bond acceptors (Lipinski definition) is 1. The fraction of sp³-hybridized carbons (Fsp3) is 1.00. The lowest BCUT2D eigenvalue weighted by Gasteiger charge is -1.92. The van der Waals surface area contributed by atoms with E-state index in [4.69, 9.17) is 5.73 Å². The summed E-state index contributed by atoms with van der Waals surface area (Å²) in [6.45, 7) is 0.365. The number of rotatable bonds is 3. The van der Waals surface area contributed by atoms with Crippen LogP contribution in [-0.4, -0.2) is 13.0 Å².